The summed E-state index contributed by atoms with van der Waals surface area (Å²) >= 11 is 0. The standard InChI is InChI=1S/C33H44N4O4S/c1-24-29(13-10-14-32(24)41-2)36-42(39,40)28-17-15-25(16-18-28)22-34-33(38)31-21-26-23-37(20-19-30(26)35-31)27-11-8-6-4-3-5-7-9-12-27/h10,13-18,21,27,35-36H,3-9,11-12,19-20,22-23H2,1-2H3,(H,34,38). The summed E-state index contributed by atoms with van der Waals surface area (Å²) in [6.07, 6.45) is 13.0. The Morgan fingerprint density at radius 1 is 1.00 bits per heavy atom. The molecule has 1 aliphatic carbocycles. The Balaban J connectivity index is 1.16. The van der Waals surface area contributed by atoms with Gasteiger partial charge >= 0.3 is 0 Å². The molecule has 42 heavy (non-hydrogen) atoms. The van der Waals surface area contributed by atoms with Crippen molar-refractivity contribution in [3.8, 4) is 5.75 Å². The summed E-state index contributed by atoms with van der Waals surface area (Å²) in [4.78, 5) is 19.2. The second kappa shape index (κ2) is 13.8. The minimum absolute atomic E-state index is 0.150. The Kier molecular flexibility index (Phi) is 9.90. The van der Waals surface area contributed by atoms with Gasteiger partial charge < -0.3 is 15.0 Å². The van der Waals surface area contributed by atoms with Gasteiger partial charge in [0.05, 0.1) is 17.7 Å². The molecule has 9 heteroatoms. The van der Waals surface area contributed by atoms with Gasteiger partial charge in [0.1, 0.15) is 11.4 Å². The van der Waals surface area contributed by atoms with Gasteiger partial charge in [-0.05, 0) is 61.2 Å². The van der Waals surface area contributed by atoms with Gasteiger partial charge in [0.2, 0.25) is 0 Å². The molecule has 0 atom stereocenters. The SMILES string of the molecule is COc1cccc(NS(=O)(=O)c2ccc(CNC(=O)c3cc4c([nH]3)CCN(C3CCCCCCCCC3)C4)cc2)c1C. The Labute approximate surface area is 250 Å². The van der Waals surface area contributed by atoms with E-state index in [1.807, 2.05) is 6.07 Å². The molecule has 5 rings (SSSR count). The average Bonchev–Trinajstić information content (AvgIpc) is 3.43. The van der Waals surface area contributed by atoms with Gasteiger partial charge in [0.15, 0.2) is 0 Å². The van der Waals surface area contributed by atoms with Crippen LogP contribution in [0.4, 0.5) is 5.69 Å². The fourth-order valence-corrected chi connectivity index (χ4v) is 7.38. The quantitative estimate of drug-likeness (QED) is 0.284. The molecule has 226 valence electrons. The third-order valence-corrected chi connectivity index (χ3v) is 10.2. The van der Waals surface area contributed by atoms with E-state index in [9.17, 15) is 13.2 Å². The summed E-state index contributed by atoms with van der Waals surface area (Å²) in [5.41, 5.74) is 5.00. The molecule has 2 heterocycles. The van der Waals surface area contributed by atoms with Crippen LogP contribution in [-0.4, -0.2) is 43.9 Å². The van der Waals surface area contributed by atoms with Crippen LogP contribution in [0.15, 0.2) is 53.4 Å². The molecule has 1 aromatic heterocycles. The van der Waals surface area contributed by atoms with E-state index in [4.69, 9.17) is 4.74 Å². The van der Waals surface area contributed by atoms with Gasteiger partial charge in [-0.2, -0.15) is 0 Å². The third-order valence-electron chi connectivity index (χ3n) is 8.78. The van der Waals surface area contributed by atoms with E-state index in [2.05, 4.69) is 19.9 Å². The molecule has 1 fully saturated rings. The van der Waals surface area contributed by atoms with Crippen LogP contribution in [0.1, 0.15) is 90.7 Å². The number of hydrogen-bond donors (Lipinski definition) is 3. The Morgan fingerprint density at radius 2 is 1.69 bits per heavy atom. The topological polar surface area (TPSA) is 104 Å². The van der Waals surface area contributed by atoms with Crippen molar-refractivity contribution in [2.24, 2.45) is 0 Å². The number of methoxy groups -OCH3 is 1. The molecule has 1 saturated carbocycles. The van der Waals surface area contributed by atoms with Crippen LogP contribution in [0.2, 0.25) is 0 Å². The van der Waals surface area contributed by atoms with Crippen molar-refractivity contribution in [2.75, 3.05) is 18.4 Å². The number of amides is 1. The molecular formula is C33H44N4O4S. The first-order valence-corrected chi connectivity index (χ1v) is 16.8. The van der Waals surface area contributed by atoms with E-state index in [0.29, 0.717) is 35.3 Å². The number of nitrogens with zero attached hydrogens (tertiary/aromatic N) is 1. The maximum Gasteiger partial charge on any atom is 0.267 e. The van der Waals surface area contributed by atoms with Crippen LogP contribution in [0.5, 0.6) is 5.75 Å². The molecular weight excluding hydrogens is 548 g/mol. The van der Waals surface area contributed by atoms with E-state index in [1.54, 1.807) is 56.5 Å². The summed E-state index contributed by atoms with van der Waals surface area (Å²) in [6.45, 7) is 4.06. The third kappa shape index (κ3) is 7.36. The Hall–Kier alpha value is -3.30. The van der Waals surface area contributed by atoms with Gasteiger partial charge in [0.25, 0.3) is 15.9 Å². The maximum atomic E-state index is 13.0. The zero-order valence-electron chi connectivity index (χ0n) is 24.9. The largest absolute Gasteiger partial charge is 0.496 e. The first kappa shape index (κ1) is 30.2. The molecule has 8 nitrogen and oxygen atoms in total. The number of aromatic nitrogens is 1. The summed E-state index contributed by atoms with van der Waals surface area (Å²) in [5, 5.41) is 2.98. The number of ether oxygens (including phenoxy) is 1. The number of H-pyrrole nitrogens is 1. The molecule has 0 radical (unpaired) electrons. The highest BCUT2D eigenvalue weighted by atomic mass is 32.2. The lowest BCUT2D eigenvalue weighted by Gasteiger charge is -2.35. The predicted octanol–water partition coefficient (Wildman–Crippen LogP) is 6.31. The lowest BCUT2D eigenvalue weighted by molar-refractivity contribution is 0.0946. The minimum atomic E-state index is -3.78. The Bertz CT molecular complexity index is 1460. The first-order chi connectivity index (χ1) is 20.3. The number of aromatic amines is 1. The van der Waals surface area contributed by atoms with Crippen LogP contribution in [0.3, 0.4) is 0 Å². The fourth-order valence-electron chi connectivity index (χ4n) is 6.26. The highest BCUT2D eigenvalue weighted by Gasteiger charge is 2.26. The monoisotopic (exact) mass is 592 g/mol. The summed E-state index contributed by atoms with van der Waals surface area (Å²) in [7, 11) is -2.22. The minimum Gasteiger partial charge on any atom is -0.496 e. The number of anilines is 1. The van der Waals surface area contributed by atoms with Crippen LogP contribution in [-0.2, 0) is 29.5 Å². The van der Waals surface area contributed by atoms with Gasteiger partial charge in [-0.3, -0.25) is 14.4 Å². The molecule has 2 aliphatic rings. The van der Waals surface area contributed by atoms with Crippen LogP contribution in [0, 0.1) is 6.92 Å². The summed E-state index contributed by atoms with van der Waals surface area (Å²) in [6, 6.07) is 14.5. The molecule has 3 N–H and O–H groups in total. The number of benzene rings is 2. The number of sulfonamides is 1. The van der Waals surface area contributed by atoms with E-state index in [1.165, 1.54) is 69.0 Å². The first-order valence-electron chi connectivity index (χ1n) is 15.3. The number of carbonyl (C=O) groups is 1. The number of carbonyl (C=O) groups excluding carboxylic acids is 1. The second-order valence-electron chi connectivity index (χ2n) is 11.7. The number of fused-ring (bicyclic) bond motifs is 1. The maximum absolute atomic E-state index is 13.0. The lowest BCUT2D eigenvalue weighted by atomic mass is 9.94. The average molecular weight is 593 g/mol. The van der Waals surface area contributed by atoms with Gasteiger partial charge in [-0.1, -0.05) is 63.1 Å². The zero-order chi connectivity index (χ0) is 29.5. The van der Waals surface area contributed by atoms with Crippen molar-refractivity contribution in [2.45, 2.75) is 95.2 Å². The predicted molar refractivity (Wildman–Crippen MR) is 166 cm³/mol. The molecule has 0 saturated heterocycles. The number of nitrogens with one attached hydrogen (secondary N) is 3. The molecule has 0 spiro atoms. The summed E-state index contributed by atoms with van der Waals surface area (Å²) < 4.78 is 33.9. The smallest absolute Gasteiger partial charge is 0.267 e. The van der Waals surface area contributed by atoms with E-state index < -0.39 is 10.0 Å². The van der Waals surface area contributed by atoms with Crippen LogP contribution < -0.4 is 14.8 Å². The van der Waals surface area contributed by atoms with Crippen LogP contribution in [0.25, 0.3) is 0 Å². The van der Waals surface area contributed by atoms with Crippen LogP contribution >= 0.6 is 0 Å². The zero-order valence-corrected chi connectivity index (χ0v) is 25.7. The van der Waals surface area contributed by atoms with Gasteiger partial charge in [-0.15, -0.1) is 0 Å². The normalized spacial score (nSPS) is 17.3. The molecule has 1 aliphatic heterocycles. The van der Waals surface area contributed by atoms with E-state index in [-0.39, 0.29) is 10.8 Å². The van der Waals surface area contributed by atoms with Gasteiger partial charge in [0, 0.05) is 43.4 Å². The fraction of sp³-hybridized carbons (Fsp3) is 0.485. The molecule has 0 bridgehead atoms. The number of rotatable bonds is 8. The highest BCUT2D eigenvalue weighted by Crippen LogP contribution is 2.28. The van der Waals surface area contributed by atoms with Crippen molar-refractivity contribution in [1.29, 1.82) is 0 Å². The van der Waals surface area contributed by atoms with E-state index >= 15 is 0 Å². The van der Waals surface area contributed by atoms with Crippen molar-refractivity contribution in [3.05, 3.63) is 76.6 Å². The second-order valence-corrected chi connectivity index (χ2v) is 13.4. The van der Waals surface area contributed by atoms with Crippen molar-refractivity contribution in [1.82, 2.24) is 15.2 Å². The molecule has 3 aromatic rings. The molecule has 2 aromatic carbocycles. The van der Waals surface area contributed by atoms with E-state index in [0.717, 1.165) is 25.1 Å². The van der Waals surface area contributed by atoms with Gasteiger partial charge in [-0.25, -0.2) is 8.42 Å². The highest BCUT2D eigenvalue weighted by molar-refractivity contribution is 7.92. The number of hydrogen-bond acceptors (Lipinski definition) is 5. The van der Waals surface area contributed by atoms with Crippen molar-refractivity contribution < 1.29 is 17.9 Å². The lowest BCUT2D eigenvalue weighted by Crippen LogP contribution is -2.39. The van der Waals surface area contributed by atoms with Crippen molar-refractivity contribution in [3.63, 3.8) is 0 Å². The van der Waals surface area contributed by atoms with Crippen molar-refractivity contribution >= 4 is 21.6 Å². The Morgan fingerprint density at radius 3 is 2.38 bits per heavy atom. The molecule has 1 amide bonds. The molecule has 0 unspecified atom stereocenters. The summed E-state index contributed by atoms with van der Waals surface area (Å²) in [5.74, 6) is 0.462.